The molecule has 1 aliphatic rings. The zero-order valence-corrected chi connectivity index (χ0v) is 16.3. The van der Waals surface area contributed by atoms with Gasteiger partial charge in [-0.1, -0.05) is 42.5 Å². The van der Waals surface area contributed by atoms with Gasteiger partial charge in [0.25, 0.3) is 11.7 Å². The van der Waals surface area contributed by atoms with E-state index in [1.165, 1.54) is 11.2 Å². The van der Waals surface area contributed by atoms with Crippen LogP contribution in [0.5, 0.6) is 0 Å². The van der Waals surface area contributed by atoms with Gasteiger partial charge in [0.15, 0.2) is 0 Å². The molecule has 0 spiro atoms. The number of hydrogen-bond donors (Lipinski definition) is 1. The molecule has 3 aromatic rings. The van der Waals surface area contributed by atoms with Crippen molar-refractivity contribution in [2.24, 2.45) is 0 Å². The highest BCUT2D eigenvalue weighted by Gasteiger charge is 2.47. The first-order valence-electron chi connectivity index (χ1n) is 9.43. The molecule has 1 atom stereocenters. The van der Waals surface area contributed by atoms with Gasteiger partial charge in [-0.2, -0.15) is 0 Å². The van der Waals surface area contributed by atoms with E-state index >= 15 is 0 Å². The van der Waals surface area contributed by atoms with Crippen LogP contribution in [0.15, 0.2) is 70.9 Å². The number of ketones is 1. The smallest absolute Gasteiger partial charge is 0.295 e. The number of Topliss-reactive ketones (excluding diaryl/α,β-unsaturated/α-hetero) is 1. The number of benzene rings is 2. The number of aliphatic hydroxyl groups is 1. The van der Waals surface area contributed by atoms with Crippen molar-refractivity contribution in [3.63, 3.8) is 0 Å². The molecular weight excluding hydrogens is 368 g/mol. The van der Waals surface area contributed by atoms with Crippen molar-refractivity contribution in [3.8, 4) is 0 Å². The third-order valence-electron chi connectivity index (χ3n) is 5.19. The van der Waals surface area contributed by atoms with Crippen molar-refractivity contribution >= 4 is 28.2 Å². The number of likely N-dealkylation sites (N-methyl/N-ethyl adjacent to an activating group) is 1. The fourth-order valence-corrected chi connectivity index (χ4v) is 3.74. The lowest BCUT2D eigenvalue weighted by atomic mass is 9.96. The van der Waals surface area contributed by atoms with Crippen molar-refractivity contribution in [1.29, 1.82) is 0 Å². The fourth-order valence-electron chi connectivity index (χ4n) is 3.74. The monoisotopic (exact) mass is 390 g/mol. The number of amides is 1. The Kier molecular flexibility index (Phi) is 4.94. The summed E-state index contributed by atoms with van der Waals surface area (Å²) in [5.41, 5.74) is 0.574. The molecule has 0 bridgehead atoms. The molecule has 1 unspecified atom stereocenters. The summed E-state index contributed by atoms with van der Waals surface area (Å²) in [7, 11) is 3.79. The molecule has 1 aromatic heterocycles. The molecule has 1 amide bonds. The Morgan fingerprint density at radius 2 is 1.83 bits per heavy atom. The van der Waals surface area contributed by atoms with Crippen LogP contribution in [0.25, 0.3) is 16.5 Å². The van der Waals surface area contributed by atoms with Gasteiger partial charge in [0.1, 0.15) is 17.6 Å². The Labute approximate surface area is 168 Å². The van der Waals surface area contributed by atoms with Crippen molar-refractivity contribution < 1.29 is 19.1 Å². The summed E-state index contributed by atoms with van der Waals surface area (Å²) >= 11 is 0. The molecule has 0 radical (unpaired) electrons. The Hall–Kier alpha value is -3.38. The van der Waals surface area contributed by atoms with Gasteiger partial charge in [0, 0.05) is 18.7 Å². The van der Waals surface area contributed by atoms with Crippen LogP contribution in [0.3, 0.4) is 0 Å². The van der Waals surface area contributed by atoms with Crippen LogP contribution in [0.4, 0.5) is 0 Å². The minimum atomic E-state index is -0.760. The van der Waals surface area contributed by atoms with E-state index in [0.29, 0.717) is 24.4 Å². The van der Waals surface area contributed by atoms with Gasteiger partial charge in [-0.15, -0.1) is 0 Å². The SMILES string of the molecule is CN(C)CCN1C(=O)C(=O)/C(=C(\O)c2cccc3ccccc23)C1c1ccco1. The molecule has 1 aliphatic heterocycles. The lowest BCUT2D eigenvalue weighted by molar-refractivity contribution is -0.140. The van der Waals surface area contributed by atoms with E-state index < -0.39 is 17.7 Å². The average molecular weight is 390 g/mol. The predicted octanol–water partition coefficient (Wildman–Crippen LogP) is 3.42. The summed E-state index contributed by atoms with van der Waals surface area (Å²) < 4.78 is 5.55. The van der Waals surface area contributed by atoms with Gasteiger partial charge in [0.05, 0.1) is 11.8 Å². The lowest BCUT2D eigenvalue weighted by Crippen LogP contribution is -2.35. The van der Waals surface area contributed by atoms with Crippen LogP contribution >= 0.6 is 0 Å². The van der Waals surface area contributed by atoms with E-state index in [9.17, 15) is 14.7 Å². The van der Waals surface area contributed by atoms with Crippen LogP contribution in [0, 0.1) is 0 Å². The largest absolute Gasteiger partial charge is 0.507 e. The summed E-state index contributed by atoms with van der Waals surface area (Å²) in [6, 6.07) is 15.8. The molecule has 1 N–H and O–H groups in total. The first-order valence-corrected chi connectivity index (χ1v) is 9.43. The Balaban J connectivity index is 1.89. The summed E-state index contributed by atoms with van der Waals surface area (Å²) in [6.45, 7) is 0.924. The molecule has 148 valence electrons. The molecule has 29 heavy (non-hydrogen) atoms. The second kappa shape index (κ2) is 7.56. The average Bonchev–Trinajstić information content (AvgIpc) is 3.33. The van der Waals surface area contributed by atoms with Gasteiger partial charge in [-0.05, 0) is 37.0 Å². The van der Waals surface area contributed by atoms with Crippen LogP contribution < -0.4 is 0 Å². The summed E-state index contributed by atoms with van der Waals surface area (Å²) in [5, 5.41) is 12.9. The van der Waals surface area contributed by atoms with Crippen molar-refractivity contribution in [3.05, 3.63) is 77.8 Å². The number of carbonyl (C=O) groups excluding carboxylic acids is 2. The van der Waals surface area contributed by atoms with Crippen LogP contribution in [-0.4, -0.2) is 53.8 Å². The van der Waals surface area contributed by atoms with Crippen molar-refractivity contribution in [1.82, 2.24) is 9.80 Å². The Bertz CT molecular complexity index is 1090. The van der Waals surface area contributed by atoms with Gasteiger partial charge in [-0.3, -0.25) is 9.59 Å². The summed E-state index contributed by atoms with van der Waals surface area (Å²) in [4.78, 5) is 29.2. The molecule has 2 heterocycles. The van der Waals surface area contributed by atoms with Gasteiger partial charge >= 0.3 is 0 Å². The molecule has 4 rings (SSSR count). The van der Waals surface area contributed by atoms with Gasteiger partial charge < -0.3 is 19.3 Å². The molecular formula is C23H22N2O4. The van der Waals surface area contributed by atoms with E-state index in [1.54, 1.807) is 18.2 Å². The predicted molar refractivity (Wildman–Crippen MR) is 110 cm³/mol. The number of carbonyl (C=O) groups is 2. The molecule has 6 nitrogen and oxygen atoms in total. The number of hydrogen-bond acceptors (Lipinski definition) is 5. The quantitative estimate of drug-likeness (QED) is 0.411. The van der Waals surface area contributed by atoms with Crippen molar-refractivity contribution in [2.45, 2.75) is 6.04 Å². The number of furan rings is 1. The van der Waals surface area contributed by atoms with Crippen LogP contribution in [0.1, 0.15) is 17.4 Å². The summed E-state index contributed by atoms with van der Waals surface area (Å²) in [5.74, 6) is -1.07. The number of fused-ring (bicyclic) bond motifs is 1. The first kappa shape index (κ1) is 19.0. The topological polar surface area (TPSA) is 74.0 Å². The minimum absolute atomic E-state index is 0.0556. The number of likely N-dealkylation sites (tertiary alicyclic amines) is 1. The third kappa shape index (κ3) is 3.32. The lowest BCUT2D eigenvalue weighted by Gasteiger charge is -2.24. The molecule has 0 aliphatic carbocycles. The molecule has 1 saturated heterocycles. The highest BCUT2D eigenvalue weighted by Crippen LogP contribution is 2.40. The Morgan fingerprint density at radius 3 is 2.55 bits per heavy atom. The highest BCUT2D eigenvalue weighted by atomic mass is 16.3. The van der Waals surface area contributed by atoms with Crippen LogP contribution in [0.2, 0.25) is 0 Å². The standard InChI is InChI=1S/C23H22N2O4/c1-24(2)12-13-25-20(18-11-6-14-29-18)19(22(27)23(25)28)21(26)17-10-5-8-15-7-3-4-9-16(15)17/h3-11,14,20,26H,12-13H2,1-2H3/b21-19-. The normalized spacial score (nSPS) is 18.9. The Morgan fingerprint density at radius 1 is 1.07 bits per heavy atom. The maximum atomic E-state index is 13.0. The molecule has 2 aromatic carbocycles. The number of rotatable bonds is 5. The highest BCUT2D eigenvalue weighted by molar-refractivity contribution is 6.46. The van der Waals surface area contributed by atoms with E-state index in [2.05, 4.69) is 0 Å². The minimum Gasteiger partial charge on any atom is -0.507 e. The fraction of sp³-hybridized carbons (Fsp3) is 0.217. The molecule has 1 fully saturated rings. The van der Waals surface area contributed by atoms with Gasteiger partial charge in [0.2, 0.25) is 0 Å². The second-order valence-corrected chi connectivity index (χ2v) is 7.34. The zero-order chi connectivity index (χ0) is 20.5. The van der Waals surface area contributed by atoms with E-state index in [4.69, 9.17) is 4.42 Å². The third-order valence-corrected chi connectivity index (χ3v) is 5.19. The van der Waals surface area contributed by atoms with E-state index in [1.807, 2.05) is 55.4 Å². The van der Waals surface area contributed by atoms with Crippen molar-refractivity contribution in [2.75, 3.05) is 27.2 Å². The molecule has 6 heteroatoms. The van der Waals surface area contributed by atoms with Gasteiger partial charge in [-0.25, -0.2) is 0 Å². The number of aliphatic hydroxyl groups excluding tert-OH is 1. The maximum absolute atomic E-state index is 13.0. The van der Waals surface area contributed by atoms with Crippen LogP contribution in [-0.2, 0) is 9.59 Å². The molecule has 0 saturated carbocycles. The van der Waals surface area contributed by atoms with E-state index in [0.717, 1.165) is 10.8 Å². The summed E-state index contributed by atoms with van der Waals surface area (Å²) in [6.07, 6.45) is 1.50. The second-order valence-electron chi connectivity index (χ2n) is 7.34. The number of nitrogens with zero attached hydrogens (tertiary/aromatic N) is 2. The van der Waals surface area contributed by atoms with E-state index in [-0.39, 0.29) is 11.3 Å². The first-order chi connectivity index (χ1) is 14.0. The maximum Gasteiger partial charge on any atom is 0.295 e. The zero-order valence-electron chi connectivity index (χ0n) is 16.3.